The Bertz CT molecular complexity index is 476. The van der Waals surface area contributed by atoms with Crippen molar-refractivity contribution in [1.82, 2.24) is 5.16 Å². The fourth-order valence-electron chi connectivity index (χ4n) is 1.98. The van der Waals surface area contributed by atoms with E-state index < -0.39 is 0 Å². The second-order valence-corrected chi connectivity index (χ2v) is 3.61. The maximum atomic E-state index is 5.51. The van der Waals surface area contributed by atoms with Gasteiger partial charge < -0.3 is 10.3 Å². The van der Waals surface area contributed by atoms with Gasteiger partial charge in [0, 0.05) is 12.0 Å². The minimum atomic E-state index is 0.357. The monoisotopic (exact) mass is 186 g/mol. The first-order chi connectivity index (χ1) is 6.84. The molecular weight excluding hydrogens is 176 g/mol. The highest BCUT2D eigenvalue weighted by Crippen LogP contribution is 2.40. The third kappa shape index (κ3) is 0.954. The van der Waals surface area contributed by atoms with Gasteiger partial charge in [-0.25, -0.2) is 0 Å². The van der Waals surface area contributed by atoms with Crippen LogP contribution in [-0.2, 0) is 6.42 Å². The number of nitrogen functional groups attached to an aromatic ring is 1. The molecule has 0 fully saturated rings. The van der Waals surface area contributed by atoms with Crippen molar-refractivity contribution in [3.63, 3.8) is 0 Å². The van der Waals surface area contributed by atoms with E-state index in [9.17, 15) is 0 Å². The summed E-state index contributed by atoms with van der Waals surface area (Å²) in [6.07, 6.45) is 1.03. The maximum Gasteiger partial charge on any atom is 0.167 e. The molecule has 0 aliphatic heterocycles. The molecule has 1 aromatic carbocycles. The summed E-state index contributed by atoms with van der Waals surface area (Å²) in [5.41, 5.74) is 8.24. The van der Waals surface area contributed by atoms with Crippen molar-refractivity contribution in [2.75, 3.05) is 5.73 Å². The van der Waals surface area contributed by atoms with Gasteiger partial charge in [-0.3, -0.25) is 0 Å². The summed E-state index contributed by atoms with van der Waals surface area (Å²) in [6, 6.07) is 10.2. The lowest BCUT2D eigenvalue weighted by Crippen LogP contribution is -2.17. The second kappa shape index (κ2) is 2.61. The molecule has 2 N–H and O–H groups in total. The normalized spacial score (nSPS) is 18.7. The highest BCUT2D eigenvalue weighted by atomic mass is 16.5. The fourth-order valence-corrected chi connectivity index (χ4v) is 1.98. The molecule has 1 heterocycles. The Hall–Kier alpha value is -1.77. The van der Waals surface area contributed by atoms with Crippen LogP contribution in [0.2, 0.25) is 0 Å². The molecule has 0 radical (unpaired) electrons. The molecule has 3 heteroatoms. The molecule has 0 amide bonds. The van der Waals surface area contributed by atoms with Crippen LogP contribution in [0.5, 0.6) is 0 Å². The summed E-state index contributed by atoms with van der Waals surface area (Å²) in [7, 11) is 0. The van der Waals surface area contributed by atoms with Crippen molar-refractivity contribution in [2.45, 2.75) is 12.3 Å². The van der Waals surface area contributed by atoms with Crippen LogP contribution in [0.15, 0.2) is 34.9 Å². The smallest absolute Gasteiger partial charge is 0.167 e. The Morgan fingerprint density at radius 1 is 1.36 bits per heavy atom. The van der Waals surface area contributed by atoms with E-state index in [1.54, 1.807) is 6.07 Å². The third-order valence-corrected chi connectivity index (χ3v) is 2.74. The first-order valence-corrected chi connectivity index (χ1v) is 4.64. The zero-order valence-electron chi connectivity index (χ0n) is 7.60. The van der Waals surface area contributed by atoms with Gasteiger partial charge in [0.15, 0.2) is 5.82 Å². The molecule has 1 aliphatic rings. The van der Waals surface area contributed by atoms with Crippen LogP contribution < -0.4 is 5.73 Å². The van der Waals surface area contributed by atoms with Crippen LogP contribution in [0.1, 0.15) is 22.8 Å². The molecule has 0 spiro atoms. The number of benzene rings is 1. The summed E-state index contributed by atoms with van der Waals surface area (Å²) in [5.74, 6) is 1.70. The second-order valence-electron chi connectivity index (χ2n) is 3.61. The molecule has 2 aromatic rings. The van der Waals surface area contributed by atoms with Gasteiger partial charge in [-0.1, -0.05) is 29.4 Å². The van der Waals surface area contributed by atoms with E-state index in [0.717, 1.165) is 12.2 Å². The molecule has 0 bridgehead atoms. The van der Waals surface area contributed by atoms with E-state index in [0.29, 0.717) is 11.7 Å². The molecule has 1 aliphatic carbocycles. The van der Waals surface area contributed by atoms with E-state index in [2.05, 4.69) is 23.4 Å². The van der Waals surface area contributed by atoms with Gasteiger partial charge in [0.05, 0.1) is 0 Å². The van der Waals surface area contributed by atoms with Gasteiger partial charge in [0.25, 0.3) is 0 Å². The van der Waals surface area contributed by atoms with Crippen LogP contribution in [0.25, 0.3) is 0 Å². The molecule has 70 valence electrons. The lowest BCUT2D eigenvalue weighted by molar-refractivity contribution is 0.365. The topological polar surface area (TPSA) is 52.0 Å². The summed E-state index contributed by atoms with van der Waals surface area (Å²) < 4.78 is 5.15. The van der Waals surface area contributed by atoms with Crippen LogP contribution in [0.3, 0.4) is 0 Å². The number of nitrogens with two attached hydrogens (primary N) is 1. The van der Waals surface area contributed by atoms with Crippen molar-refractivity contribution in [3.8, 4) is 0 Å². The number of aromatic nitrogens is 1. The average molecular weight is 186 g/mol. The molecular formula is C11H10N2O. The number of fused-ring (bicyclic) bond motifs is 1. The molecule has 1 aromatic heterocycles. The van der Waals surface area contributed by atoms with Gasteiger partial charge in [-0.2, -0.15) is 0 Å². The minimum absolute atomic E-state index is 0.357. The predicted molar refractivity (Wildman–Crippen MR) is 52.9 cm³/mol. The zero-order chi connectivity index (χ0) is 9.54. The third-order valence-electron chi connectivity index (χ3n) is 2.74. The molecule has 3 nitrogen and oxygen atoms in total. The van der Waals surface area contributed by atoms with Crippen molar-refractivity contribution in [3.05, 3.63) is 47.2 Å². The number of hydrogen-bond acceptors (Lipinski definition) is 3. The number of anilines is 1. The van der Waals surface area contributed by atoms with Crippen molar-refractivity contribution >= 4 is 5.82 Å². The Balaban J connectivity index is 1.99. The lowest BCUT2D eigenvalue weighted by atomic mass is 9.76. The first-order valence-electron chi connectivity index (χ1n) is 4.64. The van der Waals surface area contributed by atoms with Crippen molar-refractivity contribution < 1.29 is 4.52 Å². The molecule has 1 unspecified atom stereocenters. The zero-order valence-corrected chi connectivity index (χ0v) is 7.60. The number of hydrogen-bond donors (Lipinski definition) is 1. The van der Waals surface area contributed by atoms with E-state index in [-0.39, 0.29) is 0 Å². The molecule has 14 heavy (non-hydrogen) atoms. The highest BCUT2D eigenvalue weighted by Gasteiger charge is 2.29. The Labute approximate surface area is 81.5 Å². The molecule has 0 saturated carbocycles. The average Bonchev–Trinajstić information content (AvgIpc) is 2.54. The highest BCUT2D eigenvalue weighted by molar-refractivity contribution is 5.46. The SMILES string of the molecule is Nc1cc(C2Cc3ccccc32)on1. The van der Waals surface area contributed by atoms with Gasteiger partial charge in [-0.05, 0) is 17.5 Å². The van der Waals surface area contributed by atoms with Crippen LogP contribution in [0, 0.1) is 0 Å². The molecule has 3 rings (SSSR count). The Kier molecular flexibility index (Phi) is 1.42. The number of rotatable bonds is 1. The quantitative estimate of drug-likeness (QED) is 0.740. The largest absolute Gasteiger partial charge is 0.381 e. The Morgan fingerprint density at radius 3 is 2.93 bits per heavy atom. The Morgan fingerprint density at radius 2 is 2.21 bits per heavy atom. The van der Waals surface area contributed by atoms with Crippen molar-refractivity contribution in [1.29, 1.82) is 0 Å². The minimum Gasteiger partial charge on any atom is -0.381 e. The van der Waals surface area contributed by atoms with Crippen LogP contribution in [-0.4, -0.2) is 5.16 Å². The fraction of sp³-hybridized carbons (Fsp3) is 0.182. The van der Waals surface area contributed by atoms with Gasteiger partial charge in [-0.15, -0.1) is 0 Å². The summed E-state index contributed by atoms with van der Waals surface area (Å²) in [5, 5.41) is 3.70. The van der Waals surface area contributed by atoms with Crippen LogP contribution >= 0.6 is 0 Å². The standard InChI is InChI=1S/C11H10N2O/c12-11-6-10(14-13-11)9-5-7-3-1-2-4-8(7)9/h1-4,6,9H,5H2,(H2,12,13). The van der Waals surface area contributed by atoms with Gasteiger partial charge in [0.1, 0.15) is 5.76 Å². The lowest BCUT2D eigenvalue weighted by Gasteiger charge is -2.27. The summed E-state index contributed by atoms with van der Waals surface area (Å²) >= 11 is 0. The first kappa shape index (κ1) is 7.62. The summed E-state index contributed by atoms with van der Waals surface area (Å²) in [4.78, 5) is 0. The maximum absolute atomic E-state index is 5.51. The van der Waals surface area contributed by atoms with Gasteiger partial charge in [0.2, 0.25) is 0 Å². The van der Waals surface area contributed by atoms with E-state index in [1.807, 2.05) is 6.07 Å². The van der Waals surface area contributed by atoms with Crippen LogP contribution in [0.4, 0.5) is 5.82 Å². The summed E-state index contributed by atoms with van der Waals surface area (Å²) in [6.45, 7) is 0. The van der Waals surface area contributed by atoms with E-state index in [1.165, 1.54) is 11.1 Å². The van der Waals surface area contributed by atoms with E-state index >= 15 is 0 Å². The van der Waals surface area contributed by atoms with E-state index in [4.69, 9.17) is 10.3 Å². The van der Waals surface area contributed by atoms with Gasteiger partial charge >= 0.3 is 0 Å². The molecule has 1 atom stereocenters. The van der Waals surface area contributed by atoms with Crippen molar-refractivity contribution in [2.24, 2.45) is 0 Å². The predicted octanol–water partition coefficient (Wildman–Crippen LogP) is 1.94. The number of nitrogens with zero attached hydrogens (tertiary/aromatic N) is 1. The molecule has 0 saturated heterocycles.